The summed E-state index contributed by atoms with van der Waals surface area (Å²) in [7, 11) is 0. The zero-order chi connectivity index (χ0) is 9.19. The van der Waals surface area contributed by atoms with Gasteiger partial charge in [0.2, 0.25) is 0 Å². The minimum absolute atomic E-state index is 0.337. The van der Waals surface area contributed by atoms with Crippen LogP contribution in [-0.4, -0.2) is 0 Å². The topological polar surface area (TPSA) is 13.1 Å². The first-order chi connectivity index (χ1) is 5.49. The van der Waals surface area contributed by atoms with Crippen molar-refractivity contribution in [3.05, 3.63) is 23.0 Å². The molecule has 0 saturated heterocycles. The molecule has 0 N–H and O–H groups in total. The fraction of sp³-hybridized carbons (Fsp3) is 0.455. The molecule has 0 fully saturated rings. The monoisotopic (exact) mass is 164 g/mol. The fourth-order valence-corrected chi connectivity index (χ4v) is 0.948. The van der Waals surface area contributed by atoms with Crippen LogP contribution in [0.2, 0.25) is 0 Å². The molecule has 0 bridgehead atoms. The Morgan fingerprint density at radius 2 is 2.17 bits per heavy atom. The van der Waals surface area contributed by atoms with Crippen molar-refractivity contribution in [1.82, 2.24) is 0 Å². The lowest BCUT2D eigenvalue weighted by Crippen LogP contribution is -2.18. The summed E-state index contributed by atoms with van der Waals surface area (Å²) in [6.45, 7) is 10.4. The van der Waals surface area contributed by atoms with Crippen molar-refractivity contribution in [3.63, 3.8) is 0 Å². The van der Waals surface area contributed by atoms with Gasteiger partial charge in [0.25, 0.3) is 0 Å². The second-order valence-corrected chi connectivity index (χ2v) is 4.27. The summed E-state index contributed by atoms with van der Waals surface area (Å²) in [6.07, 6.45) is 4.90. The first-order valence-electron chi connectivity index (χ1n) is 4.22. The zero-order valence-corrected chi connectivity index (χ0v) is 8.05. The Bertz CT molecular complexity index is 338. The molecule has 12 heavy (non-hydrogen) atoms. The first kappa shape index (κ1) is 9.11. The van der Waals surface area contributed by atoms with E-state index in [1.807, 2.05) is 6.07 Å². The lowest BCUT2D eigenvalue weighted by molar-refractivity contribution is 0.431. The van der Waals surface area contributed by atoms with Crippen molar-refractivity contribution in [2.75, 3.05) is 0 Å². The van der Waals surface area contributed by atoms with E-state index in [2.05, 4.69) is 33.4 Å². The van der Waals surface area contributed by atoms with Crippen molar-refractivity contribution in [2.24, 2.45) is 5.41 Å². The highest BCUT2D eigenvalue weighted by Crippen LogP contribution is 2.18. The van der Waals surface area contributed by atoms with Crippen LogP contribution in [0, 0.1) is 5.41 Å². The molecule has 0 unspecified atom stereocenters. The number of furan rings is 1. The van der Waals surface area contributed by atoms with Crippen molar-refractivity contribution in [1.29, 1.82) is 0 Å². The van der Waals surface area contributed by atoms with Gasteiger partial charge in [0, 0.05) is 5.22 Å². The van der Waals surface area contributed by atoms with Gasteiger partial charge in [-0.05, 0) is 17.9 Å². The zero-order valence-electron chi connectivity index (χ0n) is 8.05. The van der Waals surface area contributed by atoms with Gasteiger partial charge < -0.3 is 4.42 Å². The standard InChI is InChI=1S/C11H16O/c1-9-10(6-8-12-9)5-7-11(2,3)4/h5-6,8H,1,7H2,2-4H3/b10-5+. The van der Waals surface area contributed by atoms with Crippen LogP contribution in [0.5, 0.6) is 0 Å². The highest BCUT2D eigenvalue weighted by atomic mass is 16.3. The Morgan fingerprint density at radius 3 is 2.58 bits per heavy atom. The van der Waals surface area contributed by atoms with Gasteiger partial charge in [-0.15, -0.1) is 0 Å². The van der Waals surface area contributed by atoms with Crippen molar-refractivity contribution < 1.29 is 4.42 Å². The van der Waals surface area contributed by atoms with Crippen LogP contribution in [0.25, 0.3) is 12.7 Å². The van der Waals surface area contributed by atoms with Crippen molar-refractivity contribution in [2.45, 2.75) is 27.2 Å². The van der Waals surface area contributed by atoms with E-state index >= 15 is 0 Å². The number of hydrogen-bond acceptors (Lipinski definition) is 1. The van der Waals surface area contributed by atoms with Gasteiger partial charge in [0.05, 0.1) is 6.26 Å². The van der Waals surface area contributed by atoms with E-state index in [1.165, 1.54) is 0 Å². The highest BCUT2D eigenvalue weighted by Gasteiger charge is 2.06. The molecule has 1 heterocycles. The largest absolute Gasteiger partial charge is 0.465 e. The van der Waals surface area contributed by atoms with Crippen molar-refractivity contribution in [3.8, 4) is 0 Å². The molecule has 1 heteroatoms. The van der Waals surface area contributed by atoms with Crippen LogP contribution in [0.15, 0.2) is 16.7 Å². The third kappa shape index (κ3) is 2.57. The second-order valence-electron chi connectivity index (χ2n) is 4.27. The van der Waals surface area contributed by atoms with Gasteiger partial charge in [-0.3, -0.25) is 0 Å². The molecular weight excluding hydrogens is 148 g/mol. The van der Waals surface area contributed by atoms with Gasteiger partial charge in [-0.25, -0.2) is 0 Å². The Hall–Kier alpha value is -0.980. The minimum atomic E-state index is 0.337. The van der Waals surface area contributed by atoms with E-state index in [0.29, 0.717) is 5.41 Å². The van der Waals surface area contributed by atoms with Crippen LogP contribution >= 0.6 is 0 Å². The molecule has 0 amide bonds. The summed E-state index contributed by atoms with van der Waals surface area (Å²) in [5.41, 5.74) is 1.10. The third-order valence-corrected chi connectivity index (χ3v) is 1.71. The van der Waals surface area contributed by atoms with Crippen LogP contribution in [0.1, 0.15) is 27.2 Å². The maximum absolute atomic E-state index is 5.09. The molecule has 1 rings (SSSR count). The normalized spacial score (nSPS) is 13.8. The molecule has 0 aliphatic carbocycles. The van der Waals surface area contributed by atoms with Crippen LogP contribution in [0.3, 0.4) is 0 Å². The smallest absolute Gasteiger partial charge is 0.126 e. The lowest BCUT2D eigenvalue weighted by atomic mass is 9.92. The molecule has 0 atom stereocenters. The predicted octanol–water partition coefficient (Wildman–Crippen LogP) is 1.91. The number of rotatable bonds is 1. The molecule has 0 saturated carbocycles. The molecule has 0 spiro atoms. The predicted molar refractivity (Wildman–Crippen MR) is 52.0 cm³/mol. The molecule has 0 aromatic carbocycles. The SMILES string of the molecule is C=c1occ/c1=C\CC(C)(C)C. The van der Waals surface area contributed by atoms with E-state index in [9.17, 15) is 0 Å². The Kier molecular flexibility index (Phi) is 2.41. The average molecular weight is 164 g/mol. The Balaban J connectivity index is 2.86. The molecule has 66 valence electrons. The molecular formula is C11H16O. The van der Waals surface area contributed by atoms with E-state index in [0.717, 1.165) is 17.1 Å². The minimum Gasteiger partial charge on any atom is -0.465 e. The molecule has 1 aromatic rings. The maximum Gasteiger partial charge on any atom is 0.126 e. The number of hydrogen-bond donors (Lipinski definition) is 0. The Morgan fingerprint density at radius 1 is 1.50 bits per heavy atom. The Labute approximate surface area is 73.4 Å². The summed E-state index contributed by atoms with van der Waals surface area (Å²) in [5.74, 6) is 0. The summed E-state index contributed by atoms with van der Waals surface area (Å²) in [4.78, 5) is 0. The quantitative estimate of drug-likeness (QED) is 0.618. The van der Waals surface area contributed by atoms with Gasteiger partial charge in [-0.2, -0.15) is 0 Å². The van der Waals surface area contributed by atoms with Gasteiger partial charge >= 0.3 is 0 Å². The van der Waals surface area contributed by atoms with Gasteiger partial charge in [0.1, 0.15) is 5.42 Å². The maximum atomic E-state index is 5.09. The van der Waals surface area contributed by atoms with Crippen molar-refractivity contribution >= 4 is 12.7 Å². The average Bonchev–Trinajstić information content (AvgIpc) is 2.29. The summed E-state index contributed by atoms with van der Waals surface area (Å²) in [6, 6.07) is 1.95. The second kappa shape index (κ2) is 3.18. The molecule has 0 aliphatic heterocycles. The van der Waals surface area contributed by atoms with E-state index < -0.39 is 0 Å². The van der Waals surface area contributed by atoms with Gasteiger partial charge in [0.15, 0.2) is 0 Å². The summed E-state index contributed by atoms with van der Waals surface area (Å²) >= 11 is 0. The molecule has 1 nitrogen and oxygen atoms in total. The van der Waals surface area contributed by atoms with Gasteiger partial charge in [-0.1, -0.05) is 33.4 Å². The van der Waals surface area contributed by atoms with E-state index in [-0.39, 0.29) is 0 Å². The lowest BCUT2D eigenvalue weighted by Gasteiger charge is -2.13. The fourth-order valence-electron chi connectivity index (χ4n) is 0.948. The van der Waals surface area contributed by atoms with Crippen LogP contribution < -0.4 is 10.6 Å². The third-order valence-electron chi connectivity index (χ3n) is 1.71. The summed E-state index contributed by atoms with van der Waals surface area (Å²) < 4.78 is 5.09. The first-order valence-corrected chi connectivity index (χ1v) is 4.22. The highest BCUT2D eigenvalue weighted by molar-refractivity contribution is 5.23. The van der Waals surface area contributed by atoms with Crippen LogP contribution in [0.4, 0.5) is 0 Å². The molecule has 0 radical (unpaired) electrons. The molecule has 0 aliphatic rings. The van der Waals surface area contributed by atoms with E-state index in [4.69, 9.17) is 4.42 Å². The molecule has 1 aromatic heterocycles. The van der Waals surface area contributed by atoms with Crippen LogP contribution in [-0.2, 0) is 0 Å². The summed E-state index contributed by atoms with van der Waals surface area (Å²) in [5, 5.41) is 1.12. The van der Waals surface area contributed by atoms with E-state index in [1.54, 1.807) is 6.26 Å².